The van der Waals surface area contributed by atoms with Crippen LogP contribution in [0.15, 0.2) is 41.5 Å². The van der Waals surface area contributed by atoms with Crippen LogP contribution in [0.2, 0.25) is 0 Å². The molecule has 7 nitrogen and oxygen atoms in total. The zero-order valence-electron chi connectivity index (χ0n) is 16.1. The van der Waals surface area contributed by atoms with E-state index >= 15 is 0 Å². The minimum atomic E-state index is -4.39. The normalized spacial score (nSPS) is 12.8. The van der Waals surface area contributed by atoms with Crippen molar-refractivity contribution in [2.75, 3.05) is 19.7 Å². The smallest absolute Gasteiger partial charge is 0.416 e. The molecule has 2 aromatic rings. The molecule has 1 atom stereocenters. The number of aryl methyl sites for hydroxylation is 1. The van der Waals surface area contributed by atoms with E-state index in [1.165, 1.54) is 12.1 Å². The van der Waals surface area contributed by atoms with Gasteiger partial charge in [0.25, 0.3) is 0 Å². The molecule has 1 unspecified atom stereocenters. The second kappa shape index (κ2) is 11.9. The third kappa shape index (κ3) is 8.48. The number of guanidine groups is 1. The maximum atomic E-state index is 12.5. The van der Waals surface area contributed by atoms with Crippen molar-refractivity contribution in [3.63, 3.8) is 0 Å². The van der Waals surface area contributed by atoms with E-state index in [4.69, 9.17) is 4.74 Å². The fraction of sp³-hybridized carbons (Fsp3) is 0.444. The zero-order chi connectivity index (χ0) is 20.6. The van der Waals surface area contributed by atoms with Crippen LogP contribution in [0.5, 0.6) is 5.75 Å². The first-order valence-corrected chi connectivity index (χ1v) is 8.76. The molecule has 0 spiro atoms. The molecule has 0 aliphatic rings. The average molecular weight is 527 g/mol. The van der Waals surface area contributed by atoms with Gasteiger partial charge in [0, 0.05) is 26.3 Å². The Kier molecular flexibility index (Phi) is 10.2. The van der Waals surface area contributed by atoms with Crippen LogP contribution < -0.4 is 15.4 Å². The number of aliphatic hydroxyl groups excluding tert-OH is 1. The number of aromatic nitrogens is 2. The van der Waals surface area contributed by atoms with Gasteiger partial charge in [0.15, 0.2) is 5.96 Å². The molecular weight excluding hydrogens is 502 g/mol. The first-order chi connectivity index (χ1) is 13.3. The lowest BCUT2D eigenvalue weighted by Crippen LogP contribution is -2.42. The molecule has 2 rings (SSSR count). The number of benzene rings is 1. The standard InChI is InChI=1S/C18H24F3N5O2.HI/c1-3-22-17(23-10-14-8-9-25-26(14)2)24-11-15(27)12-28-16-6-4-13(5-7-16)18(19,20)21;/h4-9,15,27H,3,10-12H2,1-2H3,(H2,22,23,24);1H. The first-order valence-electron chi connectivity index (χ1n) is 8.76. The topological polar surface area (TPSA) is 83.7 Å². The van der Waals surface area contributed by atoms with Gasteiger partial charge in [0.1, 0.15) is 18.5 Å². The van der Waals surface area contributed by atoms with Gasteiger partial charge in [-0.15, -0.1) is 24.0 Å². The molecule has 0 aliphatic carbocycles. The lowest BCUT2D eigenvalue weighted by Gasteiger charge is -2.16. The van der Waals surface area contributed by atoms with Crippen molar-refractivity contribution in [1.82, 2.24) is 20.4 Å². The summed E-state index contributed by atoms with van der Waals surface area (Å²) in [6.45, 7) is 3.09. The maximum absolute atomic E-state index is 12.5. The summed E-state index contributed by atoms with van der Waals surface area (Å²) < 4.78 is 44.7. The molecule has 3 N–H and O–H groups in total. The fourth-order valence-corrected chi connectivity index (χ4v) is 2.26. The number of alkyl halides is 3. The molecule has 162 valence electrons. The highest BCUT2D eigenvalue weighted by Gasteiger charge is 2.30. The molecule has 1 aromatic carbocycles. The second-order valence-corrected chi connectivity index (χ2v) is 6.01. The van der Waals surface area contributed by atoms with Gasteiger partial charge in [-0.3, -0.25) is 4.68 Å². The molecule has 29 heavy (non-hydrogen) atoms. The summed E-state index contributed by atoms with van der Waals surface area (Å²) in [7, 11) is 1.83. The van der Waals surface area contributed by atoms with Crippen molar-refractivity contribution < 1.29 is 23.0 Å². The molecule has 11 heteroatoms. The van der Waals surface area contributed by atoms with Crippen LogP contribution in [-0.4, -0.2) is 46.6 Å². The Morgan fingerprint density at radius 3 is 2.48 bits per heavy atom. The van der Waals surface area contributed by atoms with Crippen LogP contribution in [0, 0.1) is 0 Å². The average Bonchev–Trinajstić information content (AvgIpc) is 3.07. The number of halogens is 4. The van der Waals surface area contributed by atoms with E-state index in [2.05, 4.69) is 20.7 Å². The third-order valence-corrected chi connectivity index (χ3v) is 3.80. The number of rotatable bonds is 8. The summed E-state index contributed by atoms with van der Waals surface area (Å²) in [6.07, 6.45) is -3.57. The van der Waals surface area contributed by atoms with Gasteiger partial charge in [0.2, 0.25) is 0 Å². The fourth-order valence-electron chi connectivity index (χ4n) is 2.26. The summed E-state index contributed by atoms with van der Waals surface area (Å²) in [6, 6.07) is 6.19. The van der Waals surface area contributed by atoms with Crippen LogP contribution in [0.25, 0.3) is 0 Å². The Bertz CT molecular complexity index is 766. The molecule has 1 aromatic heterocycles. The van der Waals surface area contributed by atoms with Crippen molar-refractivity contribution in [1.29, 1.82) is 0 Å². The van der Waals surface area contributed by atoms with E-state index in [1.54, 1.807) is 10.9 Å². The Labute approximate surface area is 184 Å². The molecule has 0 radical (unpaired) electrons. The van der Waals surface area contributed by atoms with Crippen molar-refractivity contribution in [3.05, 3.63) is 47.8 Å². The number of nitrogens with zero attached hydrogens (tertiary/aromatic N) is 3. The predicted octanol–water partition coefficient (Wildman–Crippen LogP) is 2.55. The molecule has 0 aliphatic heterocycles. The number of aliphatic imine (C=N–C) groups is 1. The van der Waals surface area contributed by atoms with Crippen LogP contribution in [0.3, 0.4) is 0 Å². The van der Waals surface area contributed by atoms with Crippen molar-refractivity contribution in [3.8, 4) is 5.75 Å². The SMILES string of the molecule is CCNC(=NCc1ccnn1C)NCC(O)COc1ccc(C(F)(F)F)cc1.I. The lowest BCUT2D eigenvalue weighted by molar-refractivity contribution is -0.137. The van der Waals surface area contributed by atoms with E-state index in [1.807, 2.05) is 20.0 Å². The van der Waals surface area contributed by atoms with Gasteiger partial charge in [-0.05, 0) is 37.3 Å². The number of hydrogen-bond donors (Lipinski definition) is 3. The van der Waals surface area contributed by atoms with Gasteiger partial charge in [-0.2, -0.15) is 18.3 Å². The van der Waals surface area contributed by atoms with Gasteiger partial charge < -0.3 is 20.5 Å². The highest BCUT2D eigenvalue weighted by molar-refractivity contribution is 14.0. The third-order valence-electron chi connectivity index (χ3n) is 3.80. The molecule has 0 bridgehead atoms. The number of hydrogen-bond acceptors (Lipinski definition) is 4. The molecule has 0 saturated heterocycles. The van der Waals surface area contributed by atoms with Crippen LogP contribution in [0.4, 0.5) is 13.2 Å². The molecule has 0 fully saturated rings. The number of aliphatic hydroxyl groups is 1. The highest BCUT2D eigenvalue weighted by atomic mass is 127. The summed E-state index contributed by atoms with van der Waals surface area (Å²) in [5, 5.41) is 20.2. The van der Waals surface area contributed by atoms with E-state index in [0.717, 1.165) is 17.8 Å². The Balaban J connectivity index is 0.00000420. The Morgan fingerprint density at radius 2 is 1.93 bits per heavy atom. The monoisotopic (exact) mass is 527 g/mol. The highest BCUT2D eigenvalue weighted by Crippen LogP contribution is 2.30. The Morgan fingerprint density at radius 1 is 1.24 bits per heavy atom. The molecule has 0 saturated carbocycles. The molecule has 0 amide bonds. The van der Waals surface area contributed by atoms with Crippen LogP contribution >= 0.6 is 24.0 Å². The van der Waals surface area contributed by atoms with Gasteiger partial charge in [-0.1, -0.05) is 0 Å². The van der Waals surface area contributed by atoms with Crippen LogP contribution in [-0.2, 0) is 19.8 Å². The lowest BCUT2D eigenvalue weighted by atomic mass is 10.2. The number of ether oxygens (including phenoxy) is 1. The first kappa shape index (κ1) is 25.0. The predicted molar refractivity (Wildman–Crippen MR) is 114 cm³/mol. The summed E-state index contributed by atoms with van der Waals surface area (Å²) in [5.41, 5.74) is 0.186. The van der Waals surface area contributed by atoms with Crippen molar-refractivity contribution in [2.24, 2.45) is 12.0 Å². The van der Waals surface area contributed by atoms with Gasteiger partial charge >= 0.3 is 6.18 Å². The van der Waals surface area contributed by atoms with Crippen LogP contribution in [0.1, 0.15) is 18.2 Å². The molecule has 1 heterocycles. The number of nitrogens with one attached hydrogen (secondary N) is 2. The van der Waals surface area contributed by atoms with Crippen molar-refractivity contribution in [2.45, 2.75) is 25.7 Å². The largest absolute Gasteiger partial charge is 0.491 e. The van der Waals surface area contributed by atoms with E-state index in [9.17, 15) is 18.3 Å². The zero-order valence-corrected chi connectivity index (χ0v) is 18.4. The van der Waals surface area contributed by atoms with E-state index in [0.29, 0.717) is 19.0 Å². The maximum Gasteiger partial charge on any atom is 0.416 e. The summed E-state index contributed by atoms with van der Waals surface area (Å²) in [4.78, 5) is 4.41. The van der Waals surface area contributed by atoms with Gasteiger partial charge in [0.05, 0.1) is 17.8 Å². The minimum Gasteiger partial charge on any atom is -0.491 e. The molecular formula is C18H25F3IN5O2. The Hall–Kier alpha value is -2.02. The van der Waals surface area contributed by atoms with Crippen molar-refractivity contribution >= 4 is 29.9 Å². The van der Waals surface area contributed by atoms with E-state index in [-0.39, 0.29) is 42.9 Å². The minimum absolute atomic E-state index is 0. The van der Waals surface area contributed by atoms with E-state index < -0.39 is 17.8 Å². The summed E-state index contributed by atoms with van der Waals surface area (Å²) in [5.74, 6) is 0.779. The van der Waals surface area contributed by atoms with Gasteiger partial charge in [-0.25, -0.2) is 4.99 Å². The summed E-state index contributed by atoms with van der Waals surface area (Å²) >= 11 is 0. The quantitative estimate of drug-likeness (QED) is 0.279. The second-order valence-electron chi connectivity index (χ2n) is 6.01.